The van der Waals surface area contributed by atoms with Crippen molar-refractivity contribution in [3.63, 3.8) is 0 Å². The van der Waals surface area contributed by atoms with Crippen LogP contribution in [0.3, 0.4) is 0 Å². The number of carbonyl (C=O) groups is 2. The number of amides is 2. The zero-order valence-electron chi connectivity index (χ0n) is 20.7. The number of carbonyl (C=O) groups excluding carboxylic acids is 2. The second kappa shape index (κ2) is 10.8. The summed E-state index contributed by atoms with van der Waals surface area (Å²) >= 11 is 0. The van der Waals surface area contributed by atoms with Crippen LogP contribution >= 0.6 is 0 Å². The fourth-order valence-corrected chi connectivity index (χ4v) is 3.98. The number of hydrogen-bond donors (Lipinski definition) is 2. The van der Waals surface area contributed by atoms with Crippen molar-refractivity contribution in [2.45, 2.75) is 20.8 Å². The van der Waals surface area contributed by atoms with E-state index in [-0.39, 0.29) is 11.8 Å². The maximum atomic E-state index is 12.8. The molecule has 0 spiro atoms. The highest BCUT2D eigenvalue weighted by molar-refractivity contribution is 6.05. The summed E-state index contributed by atoms with van der Waals surface area (Å²) in [5, 5.41) is 6.45. The van der Waals surface area contributed by atoms with Gasteiger partial charge < -0.3 is 24.5 Å². The van der Waals surface area contributed by atoms with Crippen molar-refractivity contribution in [1.82, 2.24) is 0 Å². The minimum absolute atomic E-state index is 0.180. The third-order valence-corrected chi connectivity index (χ3v) is 5.59. The lowest BCUT2D eigenvalue weighted by Crippen LogP contribution is -2.10. The van der Waals surface area contributed by atoms with Crippen LogP contribution in [-0.4, -0.2) is 25.5 Å². The van der Waals surface area contributed by atoms with Gasteiger partial charge in [0.1, 0.15) is 17.1 Å². The molecule has 3 aromatic carbocycles. The average molecular weight is 485 g/mol. The second-order valence-electron chi connectivity index (χ2n) is 8.23. The van der Waals surface area contributed by atoms with Gasteiger partial charge in [-0.25, -0.2) is 0 Å². The Hall–Kier alpha value is -4.52. The molecule has 36 heavy (non-hydrogen) atoms. The first-order chi connectivity index (χ1) is 17.4. The van der Waals surface area contributed by atoms with Gasteiger partial charge in [-0.3, -0.25) is 9.59 Å². The highest BCUT2D eigenvalue weighted by atomic mass is 16.5. The first-order valence-corrected chi connectivity index (χ1v) is 11.6. The summed E-state index contributed by atoms with van der Waals surface area (Å²) in [6.45, 7) is 5.85. The predicted molar refractivity (Wildman–Crippen MR) is 142 cm³/mol. The lowest BCUT2D eigenvalue weighted by Gasteiger charge is -2.11. The molecule has 0 radical (unpaired) electrons. The molecule has 0 atom stereocenters. The number of rotatable bonds is 8. The Morgan fingerprint density at radius 3 is 2.36 bits per heavy atom. The molecule has 1 aromatic heterocycles. The monoisotopic (exact) mass is 484 g/mol. The molecule has 0 saturated carbocycles. The van der Waals surface area contributed by atoms with Gasteiger partial charge in [-0.2, -0.15) is 0 Å². The molecule has 2 amide bonds. The largest absolute Gasteiger partial charge is 0.496 e. The van der Waals surface area contributed by atoms with Gasteiger partial charge in [0.05, 0.1) is 20.0 Å². The SMILES string of the molecule is CCOc1ccc(-c2coc3cc(OC)c(/C(C)=C/C(=O)Nc4cccc(NC(C)=O)c4)cc23)cc1. The van der Waals surface area contributed by atoms with Crippen LogP contribution in [0.2, 0.25) is 0 Å². The van der Waals surface area contributed by atoms with E-state index in [4.69, 9.17) is 13.9 Å². The second-order valence-corrected chi connectivity index (χ2v) is 8.23. The third kappa shape index (κ3) is 5.58. The summed E-state index contributed by atoms with van der Waals surface area (Å²) in [4.78, 5) is 24.1. The lowest BCUT2D eigenvalue weighted by molar-refractivity contribution is -0.114. The topological polar surface area (TPSA) is 89.8 Å². The van der Waals surface area contributed by atoms with E-state index >= 15 is 0 Å². The van der Waals surface area contributed by atoms with Gasteiger partial charge in [0.25, 0.3) is 0 Å². The highest BCUT2D eigenvalue weighted by Crippen LogP contribution is 2.37. The van der Waals surface area contributed by atoms with E-state index in [1.54, 1.807) is 37.6 Å². The molecular weight excluding hydrogens is 456 g/mol. The standard InChI is InChI=1S/C29H28N2O5/c1-5-35-23-11-9-20(10-12-23)26-17-36-28-16-27(34-4)24(15-25(26)28)18(2)13-29(33)31-22-8-6-7-21(14-22)30-19(3)32/h6-17H,5H2,1-4H3,(H,30,32)(H,31,33)/b18-13+. The molecule has 0 fully saturated rings. The third-order valence-electron chi connectivity index (χ3n) is 5.59. The maximum Gasteiger partial charge on any atom is 0.248 e. The molecule has 1 heterocycles. The van der Waals surface area contributed by atoms with E-state index in [9.17, 15) is 9.59 Å². The molecule has 0 unspecified atom stereocenters. The van der Waals surface area contributed by atoms with Crippen molar-refractivity contribution in [3.8, 4) is 22.6 Å². The van der Waals surface area contributed by atoms with Gasteiger partial charge in [0.15, 0.2) is 0 Å². The fraction of sp³-hybridized carbons (Fsp3) is 0.172. The van der Waals surface area contributed by atoms with E-state index in [2.05, 4.69) is 10.6 Å². The van der Waals surface area contributed by atoms with Gasteiger partial charge >= 0.3 is 0 Å². The Morgan fingerprint density at radius 2 is 1.69 bits per heavy atom. The molecule has 0 aliphatic heterocycles. The molecule has 0 aliphatic carbocycles. The van der Waals surface area contributed by atoms with Crippen LogP contribution in [-0.2, 0) is 9.59 Å². The Kier molecular flexibility index (Phi) is 7.39. The van der Waals surface area contributed by atoms with Crippen LogP contribution in [0.15, 0.2) is 77.4 Å². The summed E-state index contributed by atoms with van der Waals surface area (Å²) in [6.07, 6.45) is 3.24. The number of ether oxygens (including phenoxy) is 2. The fourth-order valence-electron chi connectivity index (χ4n) is 3.98. The first-order valence-electron chi connectivity index (χ1n) is 11.6. The van der Waals surface area contributed by atoms with Crippen LogP contribution in [0.25, 0.3) is 27.7 Å². The Balaban J connectivity index is 1.63. The number of furan rings is 1. The van der Waals surface area contributed by atoms with Crippen molar-refractivity contribution in [2.24, 2.45) is 0 Å². The molecule has 2 N–H and O–H groups in total. The van der Waals surface area contributed by atoms with Crippen molar-refractivity contribution < 1.29 is 23.5 Å². The molecule has 7 nitrogen and oxygen atoms in total. The predicted octanol–water partition coefficient (Wildman–Crippen LogP) is 6.51. The zero-order chi connectivity index (χ0) is 25.7. The average Bonchev–Trinajstić information content (AvgIpc) is 3.26. The van der Waals surface area contributed by atoms with E-state index in [0.29, 0.717) is 29.3 Å². The minimum Gasteiger partial charge on any atom is -0.496 e. The molecule has 0 saturated heterocycles. The van der Waals surface area contributed by atoms with Gasteiger partial charge in [0.2, 0.25) is 11.8 Å². The van der Waals surface area contributed by atoms with Gasteiger partial charge in [0, 0.05) is 47.0 Å². The smallest absolute Gasteiger partial charge is 0.248 e. The highest BCUT2D eigenvalue weighted by Gasteiger charge is 2.15. The number of hydrogen-bond acceptors (Lipinski definition) is 5. The summed E-state index contributed by atoms with van der Waals surface area (Å²) in [6, 6.07) is 18.6. The summed E-state index contributed by atoms with van der Waals surface area (Å²) in [7, 11) is 1.59. The molecule has 0 aliphatic rings. The van der Waals surface area contributed by atoms with E-state index < -0.39 is 0 Å². The van der Waals surface area contributed by atoms with Gasteiger partial charge in [-0.15, -0.1) is 0 Å². The molecule has 4 aromatic rings. The Labute approximate surface area is 209 Å². The summed E-state index contributed by atoms with van der Waals surface area (Å²) in [5.41, 5.74) is 5.30. The summed E-state index contributed by atoms with van der Waals surface area (Å²) in [5.74, 6) is 0.933. The quantitative estimate of drug-likeness (QED) is 0.278. The van der Waals surface area contributed by atoms with Gasteiger partial charge in [-0.05, 0) is 61.4 Å². The number of anilines is 2. The van der Waals surface area contributed by atoms with E-state index in [0.717, 1.165) is 33.4 Å². The van der Waals surface area contributed by atoms with E-state index in [1.807, 2.05) is 50.2 Å². The number of nitrogens with one attached hydrogen (secondary N) is 2. The van der Waals surface area contributed by atoms with Crippen LogP contribution in [0.4, 0.5) is 11.4 Å². The van der Waals surface area contributed by atoms with Crippen molar-refractivity contribution in [3.05, 3.63) is 78.6 Å². The number of fused-ring (bicyclic) bond motifs is 1. The van der Waals surface area contributed by atoms with Crippen LogP contribution in [0, 0.1) is 0 Å². The number of allylic oxidation sites excluding steroid dienone is 1. The van der Waals surface area contributed by atoms with E-state index in [1.165, 1.54) is 13.0 Å². The van der Waals surface area contributed by atoms with Crippen molar-refractivity contribution >= 4 is 39.7 Å². The maximum absolute atomic E-state index is 12.8. The summed E-state index contributed by atoms with van der Waals surface area (Å²) < 4.78 is 17.0. The van der Waals surface area contributed by atoms with Crippen LogP contribution < -0.4 is 20.1 Å². The Morgan fingerprint density at radius 1 is 0.972 bits per heavy atom. The first kappa shape index (κ1) is 24.6. The number of benzene rings is 3. The zero-order valence-corrected chi connectivity index (χ0v) is 20.7. The Bertz CT molecular complexity index is 1430. The molecular formula is C29H28N2O5. The lowest BCUT2D eigenvalue weighted by atomic mass is 9.99. The van der Waals surface area contributed by atoms with Gasteiger partial charge in [-0.1, -0.05) is 18.2 Å². The molecule has 0 bridgehead atoms. The minimum atomic E-state index is -0.298. The van der Waals surface area contributed by atoms with Crippen molar-refractivity contribution in [2.75, 3.05) is 24.4 Å². The molecule has 4 rings (SSSR count). The number of methoxy groups -OCH3 is 1. The van der Waals surface area contributed by atoms with Crippen LogP contribution in [0.1, 0.15) is 26.3 Å². The van der Waals surface area contributed by atoms with Crippen LogP contribution in [0.5, 0.6) is 11.5 Å². The molecule has 184 valence electrons. The molecule has 7 heteroatoms. The van der Waals surface area contributed by atoms with Crippen molar-refractivity contribution in [1.29, 1.82) is 0 Å². The normalized spacial score (nSPS) is 11.3.